The maximum absolute atomic E-state index is 13.9. The second-order valence-electron chi connectivity index (χ2n) is 10.8. The van der Waals surface area contributed by atoms with Gasteiger partial charge in [0, 0.05) is 24.4 Å². The number of alkyl halides is 3. The number of hydrogen-bond acceptors (Lipinski definition) is 3. The van der Waals surface area contributed by atoms with Crippen molar-refractivity contribution >= 4 is 6.09 Å². The van der Waals surface area contributed by atoms with E-state index in [9.17, 15) is 27.5 Å². The van der Waals surface area contributed by atoms with Gasteiger partial charge < -0.3 is 14.7 Å². The molecule has 0 aromatic heterocycles. The Morgan fingerprint density at radius 2 is 1.53 bits per heavy atom. The molecule has 2 atom stereocenters. The number of nitrogens with zero attached hydrogens (tertiary/aromatic N) is 1. The smallest absolute Gasteiger partial charge is 0.416 e. The number of aliphatic hydroxyl groups is 1. The zero-order valence-corrected chi connectivity index (χ0v) is 20.5. The highest BCUT2D eigenvalue weighted by molar-refractivity contribution is 5.79. The molecule has 0 saturated carbocycles. The van der Waals surface area contributed by atoms with Crippen molar-refractivity contribution in [2.75, 3.05) is 6.61 Å². The van der Waals surface area contributed by atoms with Gasteiger partial charge in [-0.2, -0.15) is 13.2 Å². The molecule has 2 bridgehead atoms. The number of hydrogen-bond donors (Lipinski definition) is 1. The van der Waals surface area contributed by atoms with Crippen LogP contribution in [0.1, 0.15) is 53.9 Å². The number of rotatable bonds is 4. The van der Waals surface area contributed by atoms with E-state index in [1.807, 2.05) is 24.3 Å². The summed E-state index contributed by atoms with van der Waals surface area (Å²) in [6, 6.07) is 18.0. The van der Waals surface area contributed by atoms with Gasteiger partial charge in [-0.25, -0.2) is 9.18 Å². The Labute approximate surface area is 217 Å². The minimum atomic E-state index is -4.67. The van der Waals surface area contributed by atoms with Gasteiger partial charge in [0.1, 0.15) is 12.4 Å². The van der Waals surface area contributed by atoms with Crippen LogP contribution in [0.5, 0.6) is 0 Å². The van der Waals surface area contributed by atoms with E-state index < -0.39 is 29.3 Å². The van der Waals surface area contributed by atoms with Crippen LogP contribution < -0.4 is 0 Å². The Kier molecular flexibility index (Phi) is 5.98. The quantitative estimate of drug-likeness (QED) is 0.386. The van der Waals surface area contributed by atoms with Crippen molar-refractivity contribution in [2.24, 2.45) is 0 Å². The molecule has 2 fully saturated rings. The number of carbonyl (C=O) groups is 1. The summed E-state index contributed by atoms with van der Waals surface area (Å²) in [6.07, 6.45) is -3.48. The summed E-state index contributed by atoms with van der Waals surface area (Å²) in [6.45, 7) is 0.191. The predicted octanol–water partition coefficient (Wildman–Crippen LogP) is 6.69. The molecule has 8 heteroatoms. The van der Waals surface area contributed by atoms with Gasteiger partial charge >= 0.3 is 12.3 Å². The summed E-state index contributed by atoms with van der Waals surface area (Å²) in [5.74, 6) is -1.06. The van der Waals surface area contributed by atoms with E-state index in [-0.39, 0.29) is 49.4 Å². The zero-order chi connectivity index (χ0) is 26.7. The van der Waals surface area contributed by atoms with Gasteiger partial charge in [0.2, 0.25) is 0 Å². The Morgan fingerprint density at radius 3 is 2.11 bits per heavy atom. The molecule has 0 radical (unpaired) electrons. The number of carbonyl (C=O) groups excluding carboxylic acids is 1. The predicted molar refractivity (Wildman–Crippen MR) is 133 cm³/mol. The molecule has 0 spiro atoms. The van der Waals surface area contributed by atoms with Crippen LogP contribution in [0.15, 0.2) is 66.7 Å². The third-order valence-electron chi connectivity index (χ3n) is 8.22. The molecule has 4 nitrogen and oxygen atoms in total. The van der Waals surface area contributed by atoms with Gasteiger partial charge in [-0.05, 0) is 71.7 Å². The fourth-order valence-corrected chi connectivity index (χ4v) is 6.73. The molecule has 6 rings (SSSR count). The number of amides is 1. The monoisotopic (exact) mass is 525 g/mol. The Bertz CT molecular complexity index is 1330. The fraction of sp³-hybridized carbons (Fsp3) is 0.367. The maximum Gasteiger partial charge on any atom is 0.416 e. The third-order valence-corrected chi connectivity index (χ3v) is 8.22. The molecule has 1 aliphatic carbocycles. The van der Waals surface area contributed by atoms with Gasteiger partial charge in [0.15, 0.2) is 0 Å². The van der Waals surface area contributed by atoms with Gasteiger partial charge in [-0.3, -0.25) is 0 Å². The lowest BCUT2D eigenvalue weighted by molar-refractivity contribution is -0.137. The van der Waals surface area contributed by atoms with Gasteiger partial charge in [-0.1, -0.05) is 48.5 Å². The molecular weight excluding hydrogens is 498 g/mol. The Hall–Kier alpha value is -3.39. The van der Waals surface area contributed by atoms with Crippen LogP contribution in [0.2, 0.25) is 0 Å². The topological polar surface area (TPSA) is 49.8 Å². The average Bonchev–Trinajstić information content (AvgIpc) is 3.34. The largest absolute Gasteiger partial charge is 0.448 e. The van der Waals surface area contributed by atoms with E-state index in [1.54, 1.807) is 4.90 Å². The van der Waals surface area contributed by atoms with Gasteiger partial charge in [0.05, 0.1) is 11.2 Å². The number of fused-ring (bicyclic) bond motifs is 5. The first-order chi connectivity index (χ1) is 18.1. The number of ether oxygens (including phenoxy) is 1. The van der Waals surface area contributed by atoms with E-state index in [2.05, 4.69) is 24.3 Å². The highest BCUT2D eigenvalue weighted by Crippen LogP contribution is 2.46. The minimum absolute atomic E-state index is 0.0680. The molecule has 1 amide bonds. The number of piperidine rings is 1. The van der Waals surface area contributed by atoms with Crippen LogP contribution in [-0.2, 0) is 17.3 Å². The molecule has 3 aromatic carbocycles. The van der Waals surface area contributed by atoms with Crippen molar-refractivity contribution in [1.82, 2.24) is 4.90 Å². The summed E-state index contributed by atoms with van der Waals surface area (Å²) >= 11 is 0. The molecule has 2 unspecified atom stereocenters. The lowest BCUT2D eigenvalue weighted by Gasteiger charge is -2.43. The van der Waals surface area contributed by atoms with E-state index in [0.29, 0.717) is 18.9 Å². The maximum atomic E-state index is 13.9. The van der Waals surface area contributed by atoms with Crippen LogP contribution in [0.4, 0.5) is 22.4 Å². The normalized spacial score (nSPS) is 24.3. The van der Waals surface area contributed by atoms with Crippen LogP contribution in [0.25, 0.3) is 11.1 Å². The molecule has 198 valence electrons. The number of benzene rings is 3. The zero-order valence-electron chi connectivity index (χ0n) is 20.5. The van der Waals surface area contributed by atoms with Crippen LogP contribution in [0, 0.1) is 5.82 Å². The molecule has 38 heavy (non-hydrogen) atoms. The molecular formula is C30H27F4NO3. The second kappa shape index (κ2) is 9.12. The van der Waals surface area contributed by atoms with E-state index in [4.69, 9.17) is 4.74 Å². The molecule has 2 saturated heterocycles. The molecule has 1 N–H and O–H groups in total. The first-order valence-electron chi connectivity index (χ1n) is 12.8. The molecule has 3 aliphatic rings. The molecule has 2 heterocycles. The van der Waals surface area contributed by atoms with Crippen molar-refractivity contribution in [3.63, 3.8) is 0 Å². The van der Waals surface area contributed by atoms with Crippen molar-refractivity contribution < 1.29 is 32.2 Å². The SMILES string of the molecule is O=C(OCC1c2ccccc2-c2ccccc21)N1C2CCC1CC(O)(Cc1cc(F)cc(C(F)(F)F)c1)C2. The van der Waals surface area contributed by atoms with Crippen molar-refractivity contribution in [3.05, 3.63) is 94.8 Å². The first kappa shape index (κ1) is 24.9. The standard InChI is InChI=1S/C30H27F4NO3/c31-20-12-18(11-19(13-20)30(32,33)34)14-29(37)15-21-9-10-22(16-29)35(21)28(36)38-17-27-25-7-3-1-5-23(25)24-6-2-4-8-26(24)27/h1-8,11-13,21-22,27,37H,9-10,14-17H2. The summed E-state index contributed by atoms with van der Waals surface area (Å²) in [7, 11) is 0. The molecule has 2 aliphatic heterocycles. The molecule has 3 aromatic rings. The van der Waals surface area contributed by atoms with E-state index in [0.717, 1.165) is 34.4 Å². The third kappa shape index (κ3) is 4.45. The summed E-state index contributed by atoms with van der Waals surface area (Å²) < 4.78 is 59.2. The van der Waals surface area contributed by atoms with Crippen LogP contribution >= 0.6 is 0 Å². The highest BCUT2D eigenvalue weighted by Gasteiger charge is 2.50. The Balaban J connectivity index is 1.15. The van der Waals surface area contributed by atoms with Crippen LogP contribution in [0.3, 0.4) is 0 Å². The summed E-state index contributed by atoms with van der Waals surface area (Å²) in [5, 5.41) is 11.3. The van der Waals surface area contributed by atoms with Crippen molar-refractivity contribution in [1.29, 1.82) is 0 Å². The Morgan fingerprint density at radius 1 is 0.947 bits per heavy atom. The average molecular weight is 526 g/mol. The van der Waals surface area contributed by atoms with Gasteiger partial charge in [0.25, 0.3) is 0 Å². The van der Waals surface area contributed by atoms with Crippen molar-refractivity contribution in [3.8, 4) is 11.1 Å². The fourth-order valence-electron chi connectivity index (χ4n) is 6.73. The lowest BCUT2D eigenvalue weighted by atomic mass is 9.81. The van der Waals surface area contributed by atoms with Gasteiger partial charge in [-0.15, -0.1) is 0 Å². The second-order valence-corrected chi connectivity index (χ2v) is 10.8. The lowest BCUT2D eigenvalue weighted by Crippen LogP contribution is -2.54. The minimum Gasteiger partial charge on any atom is -0.448 e. The van der Waals surface area contributed by atoms with E-state index >= 15 is 0 Å². The van der Waals surface area contributed by atoms with Crippen LogP contribution in [-0.4, -0.2) is 40.4 Å². The highest BCUT2D eigenvalue weighted by atomic mass is 19.4. The summed E-state index contributed by atoms with van der Waals surface area (Å²) in [5.41, 5.74) is 2.19. The van der Waals surface area contributed by atoms with Crippen molar-refractivity contribution in [2.45, 2.75) is 61.9 Å². The first-order valence-corrected chi connectivity index (χ1v) is 12.8. The van der Waals surface area contributed by atoms with E-state index in [1.165, 1.54) is 0 Å². The summed E-state index contributed by atoms with van der Waals surface area (Å²) in [4.78, 5) is 14.9. The number of halogens is 4.